The quantitative estimate of drug-likeness (QED) is 0.277. The number of benzene rings is 2. The molecule has 0 bridgehead atoms. The minimum Gasteiger partial charge on any atom is -0.326 e. The van der Waals surface area contributed by atoms with Crippen LogP contribution in [0.2, 0.25) is 0 Å². The summed E-state index contributed by atoms with van der Waals surface area (Å²) in [5, 5.41) is 14.0. The maximum absolute atomic E-state index is 12.4. The van der Waals surface area contributed by atoms with Gasteiger partial charge in [0.25, 0.3) is 0 Å². The van der Waals surface area contributed by atoms with Gasteiger partial charge in [0.2, 0.25) is 16.9 Å². The van der Waals surface area contributed by atoms with E-state index < -0.39 is 0 Å². The third kappa shape index (κ3) is 5.86. The van der Waals surface area contributed by atoms with Crippen LogP contribution in [0, 0.1) is 13.8 Å². The summed E-state index contributed by atoms with van der Waals surface area (Å²) in [6.45, 7) is 3.85. The lowest BCUT2D eigenvalue weighted by Crippen LogP contribution is -2.24. The number of para-hydroxylation sites is 1. The topological polar surface area (TPSA) is 106 Å². The third-order valence-electron chi connectivity index (χ3n) is 4.75. The van der Waals surface area contributed by atoms with E-state index in [4.69, 9.17) is 0 Å². The molecular formula is C22H21N5O3S3. The van der Waals surface area contributed by atoms with Crippen molar-refractivity contribution in [2.75, 3.05) is 16.4 Å². The number of thioether (sulfide) groups is 1. The number of carbonyl (C=O) groups excluding carboxylic acids is 2. The molecule has 8 nitrogen and oxygen atoms in total. The van der Waals surface area contributed by atoms with Crippen LogP contribution in [-0.4, -0.2) is 32.3 Å². The fraction of sp³-hybridized carbons (Fsp3) is 0.227. The van der Waals surface area contributed by atoms with Gasteiger partial charge in [-0.05, 0) is 43.2 Å². The van der Waals surface area contributed by atoms with Crippen molar-refractivity contribution in [2.45, 2.75) is 31.2 Å². The molecule has 0 aliphatic heterocycles. The van der Waals surface area contributed by atoms with Gasteiger partial charge in [-0.25, -0.2) is 0 Å². The second-order valence-electron chi connectivity index (χ2n) is 7.31. The molecule has 2 N–H and O–H groups in total. The minimum atomic E-state index is -0.346. The van der Waals surface area contributed by atoms with Crippen LogP contribution in [0.3, 0.4) is 0 Å². The summed E-state index contributed by atoms with van der Waals surface area (Å²) in [5.41, 5.74) is 3.66. The lowest BCUT2D eigenvalue weighted by Gasteiger charge is -2.08. The summed E-state index contributed by atoms with van der Waals surface area (Å²) in [6.07, 6.45) is 0.327. The molecule has 4 rings (SSSR count). The molecule has 2 aromatic heterocycles. The Balaban J connectivity index is 1.27. The lowest BCUT2D eigenvalue weighted by atomic mass is 10.1. The summed E-state index contributed by atoms with van der Waals surface area (Å²) in [4.78, 5) is 36.7. The standard InChI is InChI=1S/C22H21N5O3S3/c1-13-7-8-14(2)15(11-13)23-18(28)9-10-31-21-26-25-20(33-21)24-19(29)12-27-16-5-3-4-6-17(16)32-22(27)30/h3-8,11H,9-10,12H2,1-2H3,(H,23,28)(H,24,25,29). The Bertz CT molecular complexity index is 1380. The predicted octanol–water partition coefficient (Wildman–Crippen LogP) is 4.29. The zero-order valence-electron chi connectivity index (χ0n) is 18.0. The van der Waals surface area contributed by atoms with Crippen LogP contribution >= 0.6 is 34.4 Å². The molecule has 0 saturated heterocycles. The average Bonchev–Trinajstić information content (AvgIpc) is 3.34. The first kappa shape index (κ1) is 23.1. The van der Waals surface area contributed by atoms with Gasteiger partial charge in [-0.3, -0.25) is 24.3 Å². The van der Waals surface area contributed by atoms with E-state index in [1.54, 1.807) is 0 Å². The highest BCUT2D eigenvalue weighted by molar-refractivity contribution is 8.01. The summed E-state index contributed by atoms with van der Waals surface area (Å²) in [7, 11) is 0. The molecule has 0 radical (unpaired) electrons. The largest absolute Gasteiger partial charge is 0.326 e. The fourth-order valence-corrected chi connectivity index (χ4v) is 5.77. The second kappa shape index (κ2) is 10.3. The Morgan fingerprint density at radius 2 is 1.85 bits per heavy atom. The molecule has 0 fully saturated rings. The number of carbonyl (C=O) groups is 2. The number of aromatic nitrogens is 3. The number of rotatable bonds is 8. The number of hydrogen-bond donors (Lipinski definition) is 2. The number of thiazole rings is 1. The van der Waals surface area contributed by atoms with Gasteiger partial charge in [0.05, 0.1) is 10.2 Å². The van der Waals surface area contributed by atoms with Gasteiger partial charge in [-0.15, -0.1) is 10.2 Å². The van der Waals surface area contributed by atoms with Crippen molar-refractivity contribution in [3.63, 3.8) is 0 Å². The summed E-state index contributed by atoms with van der Waals surface area (Å²) in [5.74, 6) is 0.124. The maximum atomic E-state index is 12.4. The van der Waals surface area contributed by atoms with Crippen molar-refractivity contribution in [2.24, 2.45) is 0 Å². The van der Waals surface area contributed by atoms with Crippen LogP contribution in [0.25, 0.3) is 10.2 Å². The lowest BCUT2D eigenvalue weighted by molar-refractivity contribution is -0.117. The fourth-order valence-electron chi connectivity index (χ4n) is 3.10. The number of nitrogens with zero attached hydrogens (tertiary/aromatic N) is 3. The van der Waals surface area contributed by atoms with Gasteiger partial charge < -0.3 is 5.32 Å². The van der Waals surface area contributed by atoms with Crippen LogP contribution < -0.4 is 15.5 Å². The number of aryl methyl sites for hydroxylation is 2. The predicted molar refractivity (Wildman–Crippen MR) is 135 cm³/mol. The zero-order valence-corrected chi connectivity index (χ0v) is 20.4. The van der Waals surface area contributed by atoms with E-state index in [0.717, 1.165) is 38.4 Å². The Morgan fingerprint density at radius 3 is 2.70 bits per heavy atom. The van der Waals surface area contributed by atoms with Crippen LogP contribution in [0.15, 0.2) is 51.6 Å². The Labute approximate surface area is 202 Å². The maximum Gasteiger partial charge on any atom is 0.308 e. The van der Waals surface area contributed by atoms with Crippen molar-refractivity contribution >= 4 is 67.3 Å². The van der Waals surface area contributed by atoms with E-state index in [1.807, 2.05) is 56.3 Å². The molecule has 4 aromatic rings. The molecule has 2 aromatic carbocycles. The van der Waals surface area contributed by atoms with Gasteiger partial charge in [-0.1, -0.05) is 58.7 Å². The van der Waals surface area contributed by atoms with Gasteiger partial charge in [-0.2, -0.15) is 0 Å². The van der Waals surface area contributed by atoms with E-state index in [0.29, 0.717) is 21.6 Å². The minimum absolute atomic E-state index is 0.0670. The van der Waals surface area contributed by atoms with E-state index >= 15 is 0 Å². The van der Waals surface area contributed by atoms with Crippen molar-refractivity contribution in [1.29, 1.82) is 0 Å². The molecule has 170 valence electrons. The zero-order chi connectivity index (χ0) is 23.4. The summed E-state index contributed by atoms with van der Waals surface area (Å²) >= 11 is 3.75. The van der Waals surface area contributed by atoms with Crippen molar-refractivity contribution < 1.29 is 9.59 Å². The molecule has 33 heavy (non-hydrogen) atoms. The number of anilines is 2. The molecule has 0 aliphatic carbocycles. The highest BCUT2D eigenvalue weighted by Gasteiger charge is 2.14. The molecule has 0 atom stereocenters. The molecule has 2 amide bonds. The molecular weight excluding hydrogens is 478 g/mol. The van der Waals surface area contributed by atoms with E-state index in [2.05, 4.69) is 20.8 Å². The average molecular weight is 500 g/mol. The highest BCUT2D eigenvalue weighted by Crippen LogP contribution is 2.26. The molecule has 0 aliphatic rings. The van der Waals surface area contributed by atoms with Crippen molar-refractivity contribution in [3.05, 3.63) is 63.3 Å². The number of fused-ring (bicyclic) bond motifs is 1. The third-order valence-corrected chi connectivity index (χ3v) is 7.68. The highest BCUT2D eigenvalue weighted by atomic mass is 32.2. The summed E-state index contributed by atoms with van der Waals surface area (Å²) < 4.78 is 2.94. The monoisotopic (exact) mass is 499 g/mol. The number of nitrogens with one attached hydrogen (secondary N) is 2. The van der Waals surface area contributed by atoms with Crippen molar-refractivity contribution in [3.8, 4) is 0 Å². The Morgan fingerprint density at radius 1 is 1.03 bits per heavy atom. The molecule has 11 heteroatoms. The van der Waals surface area contributed by atoms with E-state index in [9.17, 15) is 14.4 Å². The molecule has 0 saturated carbocycles. The Kier molecular flexibility index (Phi) is 7.21. The second-order valence-corrected chi connectivity index (χ2v) is 10.6. The van der Waals surface area contributed by atoms with Gasteiger partial charge >= 0.3 is 4.87 Å². The van der Waals surface area contributed by atoms with E-state index in [1.165, 1.54) is 27.7 Å². The normalized spacial score (nSPS) is 11.0. The molecule has 2 heterocycles. The smallest absolute Gasteiger partial charge is 0.308 e. The SMILES string of the molecule is Cc1ccc(C)c(NC(=O)CCSc2nnc(NC(=O)Cn3c(=O)sc4ccccc43)s2)c1. The van der Waals surface area contributed by atoms with Crippen LogP contribution in [0.1, 0.15) is 17.5 Å². The van der Waals surface area contributed by atoms with E-state index in [-0.39, 0.29) is 23.2 Å². The number of amides is 2. The van der Waals surface area contributed by atoms with Crippen LogP contribution in [-0.2, 0) is 16.1 Å². The first-order valence-corrected chi connectivity index (χ1v) is 12.7. The van der Waals surface area contributed by atoms with Gasteiger partial charge in [0.1, 0.15) is 6.54 Å². The molecule has 0 unspecified atom stereocenters. The van der Waals surface area contributed by atoms with Gasteiger partial charge in [0.15, 0.2) is 4.34 Å². The van der Waals surface area contributed by atoms with Crippen LogP contribution in [0.4, 0.5) is 10.8 Å². The number of hydrogen-bond acceptors (Lipinski definition) is 8. The first-order valence-electron chi connectivity index (χ1n) is 10.1. The van der Waals surface area contributed by atoms with Crippen molar-refractivity contribution in [1.82, 2.24) is 14.8 Å². The molecule has 0 spiro atoms. The van der Waals surface area contributed by atoms with Gasteiger partial charge in [0, 0.05) is 17.9 Å². The summed E-state index contributed by atoms with van der Waals surface area (Å²) in [6, 6.07) is 13.3. The van der Waals surface area contributed by atoms with Crippen LogP contribution in [0.5, 0.6) is 0 Å². The first-order chi connectivity index (χ1) is 15.9. The Hall–Kier alpha value is -3.02.